The number of carbonyl (C=O) groups is 2. The predicted octanol–water partition coefficient (Wildman–Crippen LogP) is 17.1. The van der Waals surface area contributed by atoms with Crippen molar-refractivity contribution in [2.24, 2.45) is 0 Å². The van der Waals surface area contributed by atoms with E-state index < -0.39 is 25.9 Å². The van der Waals surface area contributed by atoms with Gasteiger partial charge in [0.2, 0.25) is 5.91 Å². The molecule has 3 unspecified atom stereocenters. The van der Waals surface area contributed by atoms with E-state index in [0.717, 1.165) is 83.5 Å². The highest BCUT2D eigenvalue weighted by Gasteiger charge is 2.30. The Kier molecular flexibility index (Phi) is 48.5. The molecule has 9 nitrogen and oxygen atoms in total. The molecule has 1 amide bonds. The van der Waals surface area contributed by atoms with Crippen LogP contribution in [0.15, 0.2) is 146 Å². The number of hydrogen-bond donors (Lipinski definition) is 2. The number of amides is 1. The summed E-state index contributed by atoms with van der Waals surface area (Å²) < 4.78 is 30.5. The second-order valence-corrected chi connectivity index (χ2v) is 20.9. The van der Waals surface area contributed by atoms with Crippen LogP contribution in [-0.4, -0.2) is 74.3 Å². The molecule has 0 rings (SSSR count). The van der Waals surface area contributed by atoms with E-state index in [1.807, 2.05) is 94.1 Å². The zero-order valence-corrected chi connectivity index (χ0v) is 47.7. The quantitative estimate of drug-likeness (QED) is 0.0156. The van der Waals surface area contributed by atoms with Gasteiger partial charge in [-0.1, -0.05) is 231 Å². The molecule has 73 heavy (non-hydrogen) atoms. The largest absolute Gasteiger partial charge is 0.472 e. The number of unbranched alkanes of at least 4 members (excludes halogenated alkanes) is 15. The first-order chi connectivity index (χ1) is 35.4. The number of esters is 1. The van der Waals surface area contributed by atoms with Gasteiger partial charge in [-0.2, -0.15) is 0 Å². The summed E-state index contributed by atoms with van der Waals surface area (Å²) in [5.41, 5.74) is 0. The van der Waals surface area contributed by atoms with Gasteiger partial charge in [-0.3, -0.25) is 18.6 Å². The molecule has 0 aliphatic rings. The maximum atomic E-state index is 13.5. The molecule has 0 heterocycles. The Balaban J connectivity index is 5.60. The molecule has 0 aromatic carbocycles. The van der Waals surface area contributed by atoms with Crippen molar-refractivity contribution in [2.75, 3.05) is 40.9 Å². The lowest BCUT2D eigenvalue weighted by Gasteiger charge is -2.27. The Bertz CT molecular complexity index is 1760. The third-order valence-electron chi connectivity index (χ3n) is 11.4. The van der Waals surface area contributed by atoms with Gasteiger partial charge in [0.25, 0.3) is 0 Å². The molecule has 2 N–H and O–H groups in total. The topological polar surface area (TPSA) is 111 Å². The van der Waals surface area contributed by atoms with E-state index in [1.165, 1.54) is 57.8 Å². The Morgan fingerprint density at radius 1 is 0.507 bits per heavy atom. The molecular formula is C63H104N2O7P+. The fraction of sp³-hybridized carbons (Fsp3) is 0.587. The number of phosphoric acid groups is 1. The van der Waals surface area contributed by atoms with E-state index in [2.05, 4.69) is 99.0 Å². The highest BCUT2D eigenvalue weighted by atomic mass is 31.2. The van der Waals surface area contributed by atoms with E-state index in [1.54, 1.807) is 0 Å². The minimum atomic E-state index is -4.48. The summed E-state index contributed by atoms with van der Waals surface area (Å²) in [6.45, 7) is 6.64. The monoisotopic (exact) mass is 1030 g/mol. The number of rotatable bonds is 48. The molecule has 10 heteroatoms. The molecule has 0 aromatic rings. The molecule has 0 saturated carbocycles. The van der Waals surface area contributed by atoms with E-state index in [4.69, 9.17) is 13.8 Å². The van der Waals surface area contributed by atoms with Gasteiger partial charge < -0.3 is 19.4 Å². The third-order valence-corrected chi connectivity index (χ3v) is 12.4. The highest BCUT2D eigenvalue weighted by Crippen LogP contribution is 2.43. The van der Waals surface area contributed by atoms with Gasteiger partial charge in [-0.15, -0.1) is 0 Å². The van der Waals surface area contributed by atoms with Crippen molar-refractivity contribution in [1.29, 1.82) is 0 Å². The minimum Gasteiger partial charge on any atom is -0.456 e. The predicted molar refractivity (Wildman–Crippen MR) is 313 cm³/mol. The van der Waals surface area contributed by atoms with Gasteiger partial charge in [-0.25, -0.2) is 4.57 Å². The lowest BCUT2D eigenvalue weighted by Crippen LogP contribution is -2.47. The molecule has 0 aromatic heterocycles. The number of phosphoric ester groups is 1. The first kappa shape index (κ1) is 68.9. The lowest BCUT2D eigenvalue weighted by atomic mass is 10.0. The fourth-order valence-electron chi connectivity index (χ4n) is 7.12. The zero-order chi connectivity index (χ0) is 53.6. The number of ether oxygens (including phenoxy) is 1. The smallest absolute Gasteiger partial charge is 0.456 e. The van der Waals surface area contributed by atoms with Crippen LogP contribution in [0.5, 0.6) is 0 Å². The Morgan fingerprint density at radius 2 is 0.959 bits per heavy atom. The van der Waals surface area contributed by atoms with Crippen LogP contribution in [0.1, 0.15) is 188 Å². The summed E-state index contributed by atoms with van der Waals surface area (Å²) in [5.74, 6) is -0.640. The highest BCUT2D eigenvalue weighted by molar-refractivity contribution is 7.47. The summed E-state index contributed by atoms with van der Waals surface area (Å²) in [6.07, 6.45) is 74.2. The fourth-order valence-corrected chi connectivity index (χ4v) is 7.86. The molecular weight excluding hydrogens is 928 g/mol. The van der Waals surface area contributed by atoms with Crippen LogP contribution in [0.4, 0.5) is 0 Å². The van der Waals surface area contributed by atoms with Gasteiger partial charge >= 0.3 is 13.8 Å². The standard InChI is InChI=1S/C63H103N2O7P/c1-7-10-13-16-19-22-25-28-30-32-34-37-40-43-46-49-52-55-62(66)64-60(59-71-73(68,69)70-58-57-65(4,5)6)61(54-51-48-45-42-39-36-27-24-21-18-15-12-9-3)72-63(67)56-53-50-47-44-41-38-35-33-31-29-26-23-20-17-14-11-8-2/h10-11,13-14,16,19-20,22-23,25,28-32,34-35,37-38,40,44,47,51,54,60-61H,7-9,12,15,17-18,21,24,26-27,33,36,39,41-43,45-46,48-50,52-53,55-59H2,1-6H3,(H-,64,66,68,69)/p+1/b13-10-,14-11-,19-16+,23-20-,25-22+,30-28-,31-29-,34-32+,38-35-,40-37+,47-44-,54-51+. The van der Waals surface area contributed by atoms with Gasteiger partial charge in [0.1, 0.15) is 19.3 Å². The summed E-state index contributed by atoms with van der Waals surface area (Å²) in [5, 5.41) is 3.00. The average molecular weight is 1030 g/mol. The van der Waals surface area contributed by atoms with Crippen LogP contribution in [-0.2, 0) is 27.9 Å². The van der Waals surface area contributed by atoms with Crippen molar-refractivity contribution in [1.82, 2.24) is 5.32 Å². The number of likely N-dealkylation sites (N-methyl/N-ethyl adjacent to an activating group) is 1. The molecule has 0 saturated heterocycles. The van der Waals surface area contributed by atoms with Crippen molar-refractivity contribution in [3.8, 4) is 0 Å². The van der Waals surface area contributed by atoms with E-state index in [9.17, 15) is 19.0 Å². The van der Waals surface area contributed by atoms with Crippen LogP contribution in [0, 0.1) is 0 Å². The first-order valence-electron chi connectivity index (χ1n) is 28.2. The van der Waals surface area contributed by atoms with Gasteiger partial charge in [0.05, 0.1) is 33.8 Å². The average Bonchev–Trinajstić information content (AvgIpc) is 3.35. The minimum absolute atomic E-state index is 0.0131. The Morgan fingerprint density at radius 3 is 1.49 bits per heavy atom. The van der Waals surface area contributed by atoms with E-state index in [-0.39, 0.29) is 32.0 Å². The summed E-state index contributed by atoms with van der Waals surface area (Å²) >= 11 is 0. The van der Waals surface area contributed by atoms with Crippen LogP contribution < -0.4 is 5.32 Å². The van der Waals surface area contributed by atoms with E-state index in [0.29, 0.717) is 23.9 Å². The lowest BCUT2D eigenvalue weighted by molar-refractivity contribution is -0.870. The van der Waals surface area contributed by atoms with Crippen LogP contribution in [0.3, 0.4) is 0 Å². The molecule has 0 fully saturated rings. The van der Waals surface area contributed by atoms with Crippen LogP contribution >= 0.6 is 7.82 Å². The van der Waals surface area contributed by atoms with Crippen LogP contribution in [0.25, 0.3) is 0 Å². The molecule has 0 bridgehead atoms. The van der Waals surface area contributed by atoms with E-state index >= 15 is 0 Å². The van der Waals surface area contributed by atoms with Crippen molar-refractivity contribution in [2.45, 2.75) is 200 Å². The maximum absolute atomic E-state index is 13.5. The molecule has 412 valence electrons. The van der Waals surface area contributed by atoms with Gasteiger partial charge in [-0.05, 0) is 89.5 Å². The summed E-state index contributed by atoms with van der Waals surface area (Å²) in [4.78, 5) is 37.6. The number of hydrogen-bond acceptors (Lipinski definition) is 6. The third kappa shape index (κ3) is 52.6. The molecule has 0 aliphatic carbocycles. The summed E-state index contributed by atoms with van der Waals surface area (Å²) in [6, 6.07) is -0.905. The molecule has 3 atom stereocenters. The second kappa shape index (κ2) is 51.4. The number of carbonyl (C=O) groups excluding carboxylic acids is 2. The zero-order valence-electron chi connectivity index (χ0n) is 46.8. The van der Waals surface area contributed by atoms with Crippen LogP contribution in [0.2, 0.25) is 0 Å². The molecule has 0 spiro atoms. The van der Waals surface area contributed by atoms with Crippen molar-refractivity contribution < 1.29 is 37.3 Å². The molecule has 0 radical (unpaired) electrons. The Labute approximate surface area is 447 Å². The number of quaternary nitrogens is 1. The van der Waals surface area contributed by atoms with Gasteiger partial charge in [0.15, 0.2) is 0 Å². The van der Waals surface area contributed by atoms with Crippen molar-refractivity contribution in [3.63, 3.8) is 0 Å². The molecule has 0 aliphatic heterocycles. The first-order valence-corrected chi connectivity index (χ1v) is 29.7. The normalized spacial score (nSPS) is 14.9. The SMILES string of the molecule is CC\C=C/C=C/C=C/C=C\C=C\C=C\CCCCCC(=O)NC(COP(=O)(O)OCC[N+](C)(C)C)C(/C=C/CCCCCCCCCCCCC)OC(=O)CCC/C=C\C/C=C\C/C=C\C/C=C\C/C=C\CC. The number of nitrogens with one attached hydrogen (secondary N) is 1. The number of allylic oxidation sites excluding steroid dienone is 23. The summed E-state index contributed by atoms with van der Waals surface area (Å²) in [7, 11) is 1.41. The van der Waals surface area contributed by atoms with Gasteiger partial charge in [0, 0.05) is 12.8 Å². The number of nitrogens with zero attached hydrogens (tertiary/aromatic N) is 1. The maximum Gasteiger partial charge on any atom is 0.472 e. The Hall–Kier alpha value is -4.11. The van der Waals surface area contributed by atoms with Crippen molar-refractivity contribution in [3.05, 3.63) is 146 Å². The second-order valence-electron chi connectivity index (χ2n) is 19.5. The van der Waals surface area contributed by atoms with Crippen molar-refractivity contribution >= 4 is 19.7 Å².